The van der Waals surface area contributed by atoms with Gasteiger partial charge in [-0.25, -0.2) is 0 Å². The van der Waals surface area contributed by atoms with Crippen LogP contribution in [0.15, 0.2) is 24.3 Å². The maximum absolute atomic E-state index is 5.64. The molecule has 0 aromatic heterocycles. The summed E-state index contributed by atoms with van der Waals surface area (Å²) in [5, 5.41) is 0. The van der Waals surface area contributed by atoms with Crippen LogP contribution in [0.25, 0.3) is 0 Å². The molecule has 0 saturated carbocycles. The van der Waals surface area contributed by atoms with Crippen molar-refractivity contribution in [3.05, 3.63) is 29.8 Å². The smallest absolute Gasteiger partial charge is 0.0751 e. The van der Waals surface area contributed by atoms with Crippen LogP contribution in [0, 0.1) is 0 Å². The van der Waals surface area contributed by atoms with Crippen molar-refractivity contribution in [2.75, 3.05) is 17.2 Å². The van der Waals surface area contributed by atoms with Gasteiger partial charge < -0.3 is 5.73 Å². The van der Waals surface area contributed by atoms with Gasteiger partial charge in [0.05, 0.1) is 4.58 Å². The van der Waals surface area contributed by atoms with E-state index < -0.39 is 0 Å². The van der Waals surface area contributed by atoms with Crippen molar-refractivity contribution in [3.8, 4) is 0 Å². The summed E-state index contributed by atoms with van der Waals surface area (Å²) in [6.07, 6.45) is 1.35. The number of hydrogen-bond donors (Lipinski definition) is 1. The van der Waals surface area contributed by atoms with Gasteiger partial charge in [0.15, 0.2) is 0 Å². The van der Waals surface area contributed by atoms with Gasteiger partial charge in [-0.15, -0.1) is 23.5 Å². The van der Waals surface area contributed by atoms with Gasteiger partial charge in [0.25, 0.3) is 0 Å². The van der Waals surface area contributed by atoms with Gasteiger partial charge in [0.1, 0.15) is 0 Å². The van der Waals surface area contributed by atoms with Crippen LogP contribution in [0.5, 0.6) is 0 Å². The standard InChI is InChI=1S/C10H13NS2/c11-9-4-2-8(3-5-9)10-12-6-1-7-13-10/h2-5,10H,1,6-7,11H2. The van der Waals surface area contributed by atoms with Crippen LogP contribution < -0.4 is 5.73 Å². The number of rotatable bonds is 1. The number of anilines is 1. The second kappa shape index (κ2) is 4.29. The molecule has 0 spiro atoms. The van der Waals surface area contributed by atoms with E-state index in [1.165, 1.54) is 23.5 Å². The Morgan fingerprint density at radius 1 is 1.08 bits per heavy atom. The summed E-state index contributed by atoms with van der Waals surface area (Å²) < 4.78 is 0.634. The summed E-state index contributed by atoms with van der Waals surface area (Å²) in [7, 11) is 0. The monoisotopic (exact) mass is 211 g/mol. The summed E-state index contributed by atoms with van der Waals surface area (Å²) in [6, 6.07) is 8.27. The van der Waals surface area contributed by atoms with E-state index in [9.17, 15) is 0 Å². The van der Waals surface area contributed by atoms with Gasteiger partial charge in [-0.3, -0.25) is 0 Å². The van der Waals surface area contributed by atoms with Gasteiger partial charge in [0, 0.05) is 5.69 Å². The molecule has 1 saturated heterocycles. The average Bonchev–Trinajstić information content (AvgIpc) is 2.20. The zero-order valence-corrected chi connectivity index (χ0v) is 9.03. The van der Waals surface area contributed by atoms with Crippen molar-refractivity contribution in [2.45, 2.75) is 11.0 Å². The van der Waals surface area contributed by atoms with Gasteiger partial charge in [0.2, 0.25) is 0 Å². The first-order chi connectivity index (χ1) is 6.36. The van der Waals surface area contributed by atoms with Crippen LogP contribution in [0.2, 0.25) is 0 Å². The Kier molecular flexibility index (Phi) is 3.06. The fourth-order valence-electron chi connectivity index (χ4n) is 1.33. The summed E-state index contributed by atoms with van der Waals surface area (Å²) in [5.74, 6) is 2.59. The highest BCUT2D eigenvalue weighted by molar-refractivity contribution is 8.16. The first-order valence-corrected chi connectivity index (χ1v) is 6.54. The molecule has 0 aliphatic carbocycles. The fraction of sp³-hybridized carbons (Fsp3) is 0.400. The van der Waals surface area contributed by atoms with Crippen molar-refractivity contribution < 1.29 is 0 Å². The molecule has 0 radical (unpaired) electrons. The molecule has 1 nitrogen and oxygen atoms in total. The lowest BCUT2D eigenvalue weighted by atomic mass is 10.2. The lowest BCUT2D eigenvalue weighted by molar-refractivity contribution is 1.10. The van der Waals surface area contributed by atoms with Crippen molar-refractivity contribution in [1.29, 1.82) is 0 Å². The van der Waals surface area contributed by atoms with Crippen LogP contribution in [0.4, 0.5) is 5.69 Å². The van der Waals surface area contributed by atoms with Gasteiger partial charge >= 0.3 is 0 Å². The van der Waals surface area contributed by atoms with Crippen LogP contribution in [0.1, 0.15) is 16.6 Å². The summed E-state index contributed by atoms with van der Waals surface area (Å²) in [4.78, 5) is 0. The summed E-state index contributed by atoms with van der Waals surface area (Å²) >= 11 is 4.09. The normalized spacial score (nSPS) is 18.8. The third kappa shape index (κ3) is 2.35. The quantitative estimate of drug-likeness (QED) is 0.723. The van der Waals surface area contributed by atoms with Gasteiger partial charge in [-0.05, 0) is 35.6 Å². The highest BCUT2D eigenvalue weighted by atomic mass is 32.2. The van der Waals surface area contributed by atoms with Crippen molar-refractivity contribution in [1.82, 2.24) is 0 Å². The molecule has 3 heteroatoms. The van der Waals surface area contributed by atoms with Crippen molar-refractivity contribution in [2.24, 2.45) is 0 Å². The van der Waals surface area contributed by atoms with Crippen LogP contribution in [-0.2, 0) is 0 Å². The van der Waals surface area contributed by atoms with Crippen molar-refractivity contribution in [3.63, 3.8) is 0 Å². The second-order valence-electron chi connectivity index (χ2n) is 3.09. The Morgan fingerprint density at radius 3 is 2.31 bits per heavy atom. The molecule has 0 amide bonds. The van der Waals surface area contributed by atoms with Crippen LogP contribution in [-0.4, -0.2) is 11.5 Å². The first-order valence-electron chi connectivity index (χ1n) is 4.45. The molecule has 70 valence electrons. The minimum atomic E-state index is 0.634. The zero-order chi connectivity index (χ0) is 9.10. The maximum Gasteiger partial charge on any atom is 0.0751 e. The van der Waals surface area contributed by atoms with E-state index in [4.69, 9.17) is 5.73 Å². The summed E-state index contributed by atoms with van der Waals surface area (Å²) in [5.41, 5.74) is 7.91. The lowest BCUT2D eigenvalue weighted by Gasteiger charge is -2.21. The molecule has 2 N–H and O–H groups in total. The summed E-state index contributed by atoms with van der Waals surface area (Å²) in [6.45, 7) is 0. The highest BCUT2D eigenvalue weighted by Crippen LogP contribution is 2.43. The Morgan fingerprint density at radius 2 is 1.69 bits per heavy atom. The van der Waals surface area contributed by atoms with E-state index in [1.807, 2.05) is 35.7 Å². The molecule has 0 atom stereocenters. The van der Waals surface area contributed by atoms with Gasteiger partial charge in [-0.2, -0.15) is 0 Å². The molecule has 1 aliphatic heterocycles. The van der Waals surface area contributed by atoms with Crippen molar-refractivity contribution >= 4 is 29.2 Å². The molecule has 1 aromatic rings. The molecule has 0 unspecified atom stereocenters. The third-order valence-corrected chi connectivity index (χ3v) is 5.05. The molecule has 1 fully saturated rings. The molecule has 2 rings (SSSR count). The first kappa shape index (κ1) is 9.28. The molecule has 13 heavy (non-hydrogen) atoms. The SMILES string of the molecule is Nc1ccc(C2SCCCS2)cc1. The van der Waals surface area contributed by atoms with E-state index in [2.05, 4.69) is 12.1 Å². The number of hydrogen-bond acceptors (Lipinski definition) is 3. The number of thioether (sulfide) groups is 2. The Hall–Kier alpha value is -0.280. The third-order valence-electron chi connectivity index (χ3n) is 2.04. The molecular formula is C10H13NS2. The average molecular weight is 211 g/mol. The Labute approximate surface area is 87.5 Å². The van der Waals surface area contributed by atoms with E-state index in [0.717, 1.165) is 5.69 Å². The predicted octanol–water partition coefficient (Wildman–Crippen LogP) is 3.14. The van der Waals surface area contributed by atoms with Crippen LogP contribution >= 0.6 is 23.5 Å². The fourth-order valence-corrected chi connectivity index (χ4v) is 4.23. The molecule has 1 heterocycles. The topological polar surface area (TPSA) is 26.0 Å². The van der Waals surface area contributed by atoms with Crippen LogP contribution in [0.3, 0.4) is 0 Å². The molecule has 1 aromatic carbocycles. The largest absolute Gasteiger partial charge is 0.399 e. The second-order valence-corrected chi connectivity index (χ2v) is 5.82. The number of benzene rings is 1. The highest BCUT2D eigenvalue weighted by Gasteiger charge is 2.15. The number of nitrogen functional groups attached to an aromatic ring is 1. The van der Waals surface area contributed by atoms with E-state index in [0.29, 0.717) is 4.58 Å². The van der Waals surface area contributed by atoms with E-state index in [-0.39, 0.29) is 0 Å². The lowest BCUT2D eigenvalue weighted by Crippen LogP contribution is -2.00. The number of nitrogens with two attached hydrogens (primary N) is 1. The zero-order valence-electron chi connectivity index (χ0n) is 7.40. The minimum Gasteiger partial charge on any atom is -0.399 e. The Bertz CT molecular complexity index is 265. The predicted molar refractivity (Wildman–Crippen MR) is 63.1 cm³/mol. The van der Waals surface area contributed by atoms with E-state index >= 15 is 0 Å². The molecule has 0 bridgehead atoms. The van der Waals surface area contributed by atoms with E-state index in [1.54, 1.807) is 0 Å². The maximum atomic E-state index is 5.64. The minimum absolute atomic E-state index is 0.634. The van der Waals surface area contributed by atoms with Gasteiger partial charge in [-0.1, -0.05) is 12.1 Å². The Balaban J connectivity index is 2.10. The molecule has 1 aliphatic rings. The molecular weight excluding hydrogens is 198 g/mol.